The van der Waals surface area contributed by atoms with Gasteiger partial charge in [-0.1, -0.05) is 6.58 Å². The van der Waals surface area contributed by atoms with Gasteiger partial charge in [-0.15, -0.1) is 0 Å². The Morgan fingerprint density at radius 1 is 1.73 bits per heavy atom. The number of hydrogen-bond acceptors (Lipinski definition) is 1. The lowest BCUT2D eigenvalue weighted by molar-refractivity contribution is -0.128. The third-order valence-electron chi connectivity index (χ3n) is 2.13. The zero-order chi connectivity index (χ0) is 8.48. The van der Waals surface area contributed by atoms with Crippen molar-refractivity contribution in [2.24, 2.45) is 0 Å². The van der Waals surface area contributed by atoms with Gasteiger partial charge < -0.3 is 4.90 Å². The molecule has 0 aromatic carbocycles. The molecular formula is C9H14NO. The van der Waals surface area contributed by atoms with Gasteiger partial charge in [0.2, 0.25) is 5.91 Å². The molecule has 0 unspecified atom stereocenters. The third-order valence-corrected chi connectivity index (χ3v) is 2.13. The van der Waals surface area contributed by atoms with Gasteiger partial charge in [-0.05, 0) is 32.8 Å². The molecule has 0 N–H and O–H groups in total. The van der Waals surface area contributed by atoms with Crippen LogP contribution < -0.4 is 0 Å². The van der Waals surface area contributed by atoms with Gasteiger partial charge in [0, 0.05) is 12.1 Å². The van der Waals surface area contributed by atoms with Crippen LogP contribution in [0.4, 0.5) is 0 Å². The molecule has 1 heterocycles. The molecule has 0 spiro atoms. The van der Waals surface area contributed by atoms with E-state index in [4.69, 9.17) is 0 Å². The van der Waals surface area contributed by atoms with Crippen LogP contribution in [0.2, 0.25) is 0 Å². The Morgan fingerprint density at radius 2 is 2.36 bits per heavy atom. The second-order valence-corrected chi connectivity index (χ2v) is 3.46. The van der Waals surface area contributed by atoms with Gasteiger partial charge in [-0.2, -0.15) is 0 Å². The summed E-state index contributed by atoms with van der Waals surface area (Å²) in [6, 6.07) is 0. The van der Waals surface area contributed by atoms with Crippen molar-refractivity contribution in [2.45, 2.75) is 25.8 Å². The predicted octanol–water partition coefficient (Wildman–Crippen LogP) is 1.39. The zero-order valence-electron chi connectivity index (χ0n) is 7.13. The van der Waals surface area contributed by atoms with Gasteiger partial charge in [0.15, 0.2) is 0 Å². The normalized spacial score (nSPS) is 21.8. The number of carbonyl (C=O) groups is 1. The maximum atomic E-state index is 11.2. The fraction of sp³-hybridized carbons (Fsp3) is 0.556. The van der Waals surface area contributed by atoms with Gasteiger partial charge >= 0.3 is 0 Å². The number of hydrogen-bond donors (Lipinski definition) is 0. The lowest BCUT2D eigenvalue weighted by Gasteiger charge is -2.30. The van der Waals surface area contributed by atoms with Gasteiger partial charge in [-0.25, -0.2) is 0 Å². The molecule has 0 bridgehead atoms. The fourth-order valence-electron chi connectivity index (χ4n) is 1.40. The van der Waals surface area contributed by atoms with E-state index < -0.39 is 0 Å². The molecule has 0 aromatic rings. The maximum Gasteiger partial charge on any atom is 0.246 e. The number of amides is 1. The molecule has 2 nitrogen and oxygen atoms in total. The van der Waals surface area contributed by atoms with Crippen LogP contribution in [0.3, 0.4) is 0 Å². The number of carbonyl (C=O) groups excluding carboxylic acids is 1. The van der Waals surface area contributed by atoms with E-state index in [0.717, 1.165) is 13.0 Å². The van der Waals surface area contributed by atoms with Crippen LogP contribution in [0.25, 0.3) is 0 Å². The minimum atomic E-state index is -0.00866. The monoisotopic (exact) mass is 152 g/mol. The number of likely N-dealkylation sites (tertiary alicyclic amines) is 1. The molecule has 1 aliphatic rings. The van der Waals surface area contributed by atoms with Gasteiger partial charge in [-0.3, -0.25) is 4.79 Å². The fourth-order valence-corrected chi connectivity index (χ4v) is 1.40. The highest BCUT2D eigenvalue weighted by molar-refractivity contribution is 5.88. The molecule has 2 heteroatoms. The third kappa shape index (κ3) is 1.44. The van der Waals surface area contributed by atoms with E-state index >= 15 is 0 Å². The van der Waals surface area contributed by atoms with E-state index in [1.807, 2.05) is 4.90 Å². The van der Waals surface area contributed by atoms with E-state index in [-0.39, 0.29) is 11.4 Å². The zero-order valence-corrected chi connectivity index (χ0v) is 7.13. The average Bonchev–Trinajstić information content (AvgIpc) is 2.28. The van der Waals surface area contributed by atoms with Crippen molar-refractivity contribution in [3.05, 3.63) is 19.1 Å². The van der Waals surface area contributed by atoms with Crippen molar-refractivity contribution in [3.63, 3.8) is 0 Å². The van der Waals surface area contributed by atoms with Gasteiger partial charge in [0.05, 0.1) is 0 Å². The molecule has 0 aromatic heterocycles. The molecule has 1 fully saturated rings. The van der Waals surface area contributed by atoms with E-state index in [1.165, 1.54) is 6.08 Å². The largest absolute Gasteiger partial charge is 0.334 e. The summed E-state index contributed by atoms with van der Waals surface area (Å²) in [7, 11) is 0. The topological polar surface area (TPSA) is 20.3 Å². The van der Waals surface area contributed by atoms with Crippen molar-refractivity contribution in [1.82, 2.24) is 4.90 Å². The summed E-state index contributed by atoms with van der Waals surface area (Å²) < 4.78 is 0. The lowest BCUT2D eigenvalue weighted by Crippen LogP contribution is -2.41. The van der Waals surface area contributed by atoms with E-state index in [1.54, 1.807) is 0 Å². The summed E-state index contributed by atoms with van der Waals surface area (Å²) in [6.45, 7) is 8.36. The summed E-state index contributed by atoms with van der Waals surface area (Å²) in [6.07, 6.45) is 4.48. The summed E-state index contributed by atoms with van der Waals surface area (Å²) in [5.74, 6) is 0.0313. The molecule has 1 aliphatic heterocycles. The van der Waals surface area contributed by atoms with E-state index in [0.29, 0.717) is 0 Å². The first-order chi connectivity index (χ1) is 5.08. The molecule has 1 rings (SSSR count). The smallest absolute Gasteiger partial charge is 0.246 e. The molecule has 1 radical (unpaired) electrons. The van der Waals surface area contributed by atoms with Crippen LogP contribution in [0.5, 0.6) is 0 Å². The van der Waals surface area contributed by atoms with Crippen LogP contribution in [-0.4, -0.2) is 22.9 Å². The number of nitrogens with zero attached hydrogens (tertiary/aromatic N) is 1. The molecule has 11 heavy (non-hydrogen) atoms. The molecule has 0 aliphatic carbocycles. The van der Waals surface area contributed by atoms with Crippen molar-refractivity contribution in [2.75, 3.05) is 6.54 Å². The van der Waals surface area contributed by atoms with Crippen LogP contribution in [0.15, 0.2) is 12.7 Å². The Hall–Kier alpha value is -0.790. The molecular weight excluding hydrogens is 138 g/mol. The SMILES string of the molecule is C=CC(=O)N1C[CH]CC1(C)C. The first kappa shape index (κ1) is 8.31. The second kappa shape index (κ2) is 2.68. The van der Waals surface area contributed by atoms with Crippen LogP contribution >= 0.6 is 0 Å². The summed E-state index contributed by atoms with van der Waals surface area (Å²) in [5.41, 5.74) is -0.00866. The molecule has 0 saturated carbocycles. The Labute approximate surface area is 67.9 Å². The first-order valence-corrected chi connectivity index (χ1v) is 3.83. The Bertz CT molecular complexity index is 184. The van der Waals surface area contributed by atoms with Crippen LogP contribution in [-0.2, 0) is 4.79 Å². The Morgan fingerprint density at radius 3 is 2.73 bits per heavy atom. The van der Waals surface area contributed by atoms with E-state index in [2.05, 4.69) is 26.8 Å². The maximum absolute atomic E-state index is 11.2. The first-order valence-electron chi connectivity index (χ1n) is 3.83. The quantitative estimate of drug-likeness (QED) is 0.520. The van der Waals surface area contributed by atoms with Crippen molar-refractivity contribution >= 4 is 5.91 Å². The standard InChI is InChI=1S/C9H14NO/c1-4-8(11)10-7-5-6-9(10,2)3/h4-5H,1,6-7H2,2-3H3. The van der Waals surface area contributed by atoms with Gasteiger partial charge in [0.1, 0.15) is 0 Å². The lowest BCUT2D eigenvalue weighted by atomic mass is 10.0. The Balaban J connectivity index is 2.72. The highest BCUT2D eigenvalue weighted by Gasteiger charge is 2.33. The highest BCUT2D eigenvalue weighted by Crippen LogP contribution is 2.27. The van der Waals surface area contributed by atoms with Crippen molar-refractivity contribution in [1.29, 1.82) is 0 Å². The van der Waals surface area contributed by atoms with Gasteiger partial charge in [0.25, 0.3) is 0 Å². The average molecular weight is 152 g/mol. The molecule has 1 saturated heterocycles. The summed E-state index contributed by atoms with van der Waals surface area (Å²) >= 11 is 0. The minimum absolute atomic E-state index is 0.00866. The van der Waals surface area contributed by atoms with Crippen LogP contribution in [0, 0.1) is 6.42 Å². The Kier molecular flexibility index (Phi) is 2.03. The van der Waals surface area contributed by atoms with E-state index in [9.17, 15) is 4.79 Å². The highest BCUT2D eigenvalue weighted by atomic mass is 16.2. The predicted molar refractivity (Wildman–Crippen MR) is 44.9 cm³/mol. The van der Waals surface area contributed by atoms with Crippen molar-refractivity contribution in [3.8, 4) is 0 Å². The molecule has 61 valence electrons. The second-order valence-electron chi connectivity index (χ2n) is 3.46. The molecule has 1 amide bonds. The molecule has 0 atom stereocenters. The minimum Gasteiger partial charge on any atom is -0.334 e. The van der Waals surface area contributed by atoms with Crippen LogP contribution in [0.1, 0.15) is 20.3 Å². The number of rotatable bonds is 1. The van der Waals surface area contributed by atoms with Crippen molar-refractivity contribution < 1.29 is 4.79 Å². The summed E-state index contributed by atoms with van der Waals surface area (Å²) in [4.78, 5) is 13.1. The summed E-state index contributed by atoms with van der Waals surface area (Å²) in [5, 5.41) is 0.